The molecule has 1 aromatic rings. The van der Waals surface area contributed by atoms with Gasteiger partial charge in [-0.1, -0.05) is 0 Å². The van der Waals surface area contributed by atoms with Crippen LogP contribution in [0.1, 0.15) is 23.7 Å². The first-order valence-electron chi connectivity index (χ1n) is 6.40. The van der Waals surface area contributed by atoms with Crippen molar-refractivity contribution in [3.05, 3.63) is 22.2 Å². The van der Waals surface area contributed by atoms with Crippen molar-refractivity contribution in [1.29, 1.82) is 0 Å². The van der Waals surface area contributed by atoms with Crippen molar-refractivity contribution in [3.63, 3.8) is 0 Å². The molecule has 0 saturated carbocycles. The van der Waals surface area contributed by atoms with E-state index in [9.17, 15) is 4.79 Å². The number of nitrogens with zero attached hydrogens (tertiary/aromatic N) is 1. The van der Waals surface area contributed by atoms with Gasteiger partial charge in [-0.15, -0.1) is 0 Å². The van der Waals surface area contributed by atoms with E-state index in [4.69, 9.17) is 14.6 Å². The number of hydrogen-bond acceptors (Lipinski definition) is 4. The van der Waals surface area contributed by atoms with Crippen LogP contribution in [0.4, 0.5) is 0 Å². The van der Waals surface area contributed by atoms with Crippen LogP contribution < -0.4 is 9.47 Å². The summed E-state index contributed by atoms with van der Waals surface area (Å²) in [5.41, 5.74) is 0.502. The molecule has 0 aliphatic heterocycles. The molecule has 0 spiro atoms. The number of hydrogen-bond donors (Lipinski definition) is 1. The molecule has 20 heavy (non-hydrogen) atoms. The third-order valence-corrected chi connectivity index (χ3v) is 3.73. The summed E-state index contributed by atoms with van der Waals surface area (Å²) < 4.78 is 11.1. The predicted molar refractivity (Wildman–Crippen MR) is 80.5 cm³/mol. The molecule has 1 N–H and O–H groups in total. The van der Waals surface area contributed by atoms with Gasteiger partial charge >= 0.3 is 0 Å². The first kappa shape index (κ1) is 16.8. The lowest BCUT2D eigenvalue weighted by Crippen LogP contribution is -2.32. The number of aliphatic hydroxyl groups is 1. The summed E-state index contributed by atoms with van der Waals surface area (Å²) in [5, 5.41) is 8.88. The number of rotatable bonds is 7. The SMILES string of the molecule is CCN(CCCO)C(=O)c1cc(OC)c(Br)c(OC)c1. The molecule has 112 valence electrons. The number of amides is 1. The highest BCUT2D eigenvalue weighted by Crippen LogP contribution is 2.35. The van der Waals surface area contributed by atoms with Gasteiger partial charge in [-0.25, -0.2) is 0 Å². The quantitative estimate of drug-likeness (QED) is 0.823. The summed E-state index contributed by atoms with van der Waals surface area (Å²) in [6, 6.07) is 3.35. The van der Waals surface area contributed by atoms with Gasteiger partial charge in [0, 0.05) is 25.3 Å². The molecule has 0 atom stereocenters. The molecule has 5 nitrogen and oxygen atoms in total. The third kappa shape index (κ3) is 3.86. The van der Waals surface area contributed by atoms with Gasteiger partial charge in [-0.05, 0) is 41.4 Å². The Balaban J connectivity index is 3.08. The van der Waals surface area contributed by atoms with E-state index in [2.05, 4.69) is 15.9 Å². The Morgan fingerprint density at radius 3 is 2.25 bits per heavy atom. The van der Waals surface area contributed by atoms with Crippen molar-refractivity contribution in [2.45, 2.75) is 13.3 Å². The van der Waals surface area contributed by atoms with Crippen molar-refractivity contribution in [2.24, 2.45) is 0 Å². The van der Waals surface area contributed by atoms with Gasteiger partial charge in [0.15, 0.2) is 0 Å². The molecular weight excluding hydrogens is 326 g/mol. The van der Waals surface area contributed by atoms with E-state index >= 15 is 0 Å². The summed E-state index contributed by atoms with van der Waals surface area (Å²) in [4.78, 5) is 14.1. The van der Waals surface area contributed by atoms with Crippen LogP contribution in [0.15, 0.2) is 16.6 Å². The highest BCUT2D eigenvalue weighted by molar-refractivity contribution is 9.10. The molecule has 1 aromatic carbocycles. The number of aliphatic hydroxyl groups excluding tert-OH is 1. The third-order valence-electron chi connectivity index (χ3n) is 2.95. The molecular formula is C14H20BrNO4. The fraction of sp³-hybridized carbons (Fsp3) is 0.500. The van der Waals surface area contributed by atoms with Gasteiger partial charge in [-0.2, -0.15) is 0 Å². The van der Waals surface area contributed by atoms with Crippen LogP contribution in [0.2, 0.25) is 0 Å². The Morgan fingerprint density at radius 1 is 1.30 bits per heavy atom. The minimum atomic E-state index is -0.106. The molecule has 0 bridgehead atoms. The minimum Gasteiger partial charge on any atom is -0.495 e. The molecule has 0 heterocycles. The maximum absolute atomic E-state index is 12.4. The molecule has 0 saturated heterocycles. The van der Waals surface area contributed by atoms with E-state index in [0.29, 0.717) is 41.0 Å². The average Bonchev–Trinajstić information content (AvgIpc) is 2.48. The number of ether oxygens (including phenoxy) is 2. The fourth-order valence-corrected chi connectivity index (χ4v) is 2.39. The maximum atomic E-state index is 12.4. The van der Waals surface area contributed by atoms with Crippen LogP contribution in [0.25, 0.3) is 0 Å². The zero-order valence-electron chi connectivity index (χ0n) is 12.0. The van der Waals surface area contributed by atoms with Crippen LogP contribution in [0.5, 0.6) is 11.5 Å². The summed E-state index contributed by atoms with van der Waals surface area (Å²) in [6.07, 6.45) is 0.560. The van der Waals surface area contributed by atoms with E-state index < -0.39 is 0 Å². The lowest BCUT2D eigenvalue weighted by molar-refractivity contribution is 0.0753. The Hall–Kier alpha value is -1.27. The van der Waals surface area contributed by atoms with Crippen molar-refractivity contribution < 1.29 is 19.4 Å². The number of carbonyl (C=O) groups is 1. The second-order valence-corrected chi connectivity index (χ2v) is 4.95. The van der Waals surface area contributed by atoms with Gasteiger partial charge in [0.1, 0.15) is 16.0 Å². The lowest BCUT2D eigenvalue weighted by atomic mass is 10.1. The van der Waals surface area contributed by atoms with Gasteiger partial charge in [-0.3, -0.25) is 4.79 Å². The summed E-state index contributed by atoms with van der Waals surface area (Å²) in [5.74, 6) is 0.988. The van der Waals surface area contributed by atoms with Crippen LogP contribution in [0.3, 0.4) is 0 Å². The highest BCUT2D eigenvalue weighted by atomic mass is 79.9. The smallest absolute Gasteiger partial charge is 0.254 e. The molecule has 0 fully saturated rings. The van der Waals surface area contributed by atoms with Crippen LogP contribution in [0, 0.1) is 0 Å². The molecule has 6 heteroatoms. The van der Waals surface area contributed by atoms with E-state index in [0.717, 1.165) is 0 Å². The zero-order valence-corrected chi connectivity index (χ0v) is 13.6. The van der Waals surface area contributed by atoms with E-state index in [1.165, 1.54) is 14.2 Å². The molecule has 0 aromatic heterocycles. The van der Waals surface area contributed by atoms with E-state index in [1.807, 2.05) is 6.92 Å². The summed E-state index contributed by atoms with van der Waals surface area (Å²) >= 11 is 3.37. The Bertz CT molecular complexity index is 439. The first-order valence-corrected chi connectivity index (χ1v) is 7.19. The molecule has 0 aliphatic rings. The highest BCUT2D eigenvalue weighted by Gasteiger charge is 2.18. The second kappa shape index (κ2) is 8.11. The van der Waals surface area contributed by atoms with Gasteiger partial charge in [0.25, 0.3) is 5.91 Å². The molecule has 1 rings (SSSR count). The lowest BCUT2D eigenvalue weighted by Gasteiger charge is -2.21. The van der Waals surface area contributed by atoms with E-state index in [1.54, 1.807) is 17.0 Å². The zero-order chi connectivity index (χ0) is 15.1. The standard InChI is InChI=1S/C14H20BrNO4/c1-4-16(6-5-7-17)14(18)10-8-11(19-2)13(15)12(9-10)20-3/h8-9,17H,4-7H2,1-3H3. The topological polar surface area (TPSA) is 59.0 Å². The van der Waals surface area contributed by atoms with Crippen LogP contribution in [-0.2, 0) is 0 Å². The predicted octanol–water partition coefficient (Wildman–Crippen LogP) is 2.31. The Kier molecular flexibility index (Phi) is 6.81. The normalized spacial score (nSPS) is 10.2. The molecule has 1 amide bonds. The number of benzene rings is 1. The maximum Gasteiger partial charge on any atom is 0.254 e. The monoisotopic (exact) mass is 345 g/mol. The number of methoxy groups -OCH3 is 2. The molecule has 0 radical (unpaired) electrons. The van der Waals surface area contributed by atoms with Crippen LogP contribution in [-0.4, -0.2) is 49.8 Å². The number of carbonyl (C=O) groups excluding carboxylic acids is 1. The van der Waals surface area contributed by atoms with Gasteiger partial charge in [0.05, 0.1) is 14.2 Å². The molecule has 0 aliphatic carbocycles. The first-order chi connectivity index (χ1) is 9.58. The average molecular weight is 346 g/mol. The van der Waals surface area contributed by atoms with Crippen molar-refractivity contribution >= 4 is 21.8 Å². The van der Waals surface area contributed by atoms with Gasteiger partial charge < -0.3 is 19.5 Å². The Morgan fingerprint density at radius 2 is 1.85 bits per heavy atom. The fourth-order valence-electron chi connectivity index (χ4n) is 1.84. The summed E-state index contributed by atoms with van der Waals surface area (Å²) in [7, 11) is 3.08. The number of halogens is 1. The Labute approximate surface area is 127 Å². The van der Waals surface area contributed by atoms with Crippen molar-refractivity contribution in [3.8, 4) is 11.5 Å². The molecule has 0 unspecified atom stereocenters. The van der Waals surface area contributed by atoms with Crippen molar-refractivity contribution in [1.82, 2.24) is 4.90 Å². The second-order valence-electron chi connectivity index (χ2n) is 4.16. The van der Waals surface area contributed by atoms with Crippen LogP contribution >= 0.6 is 15.9 Å². The minimum absolute atomic E-state index is 0.0662. The largest absolute Gasteiger partial charge is 0.495 e. The van der Waals surface area contributed by atoms with Crippen molar-refractivity contribution in [2.75, 3.05) is 33.9 Å². The summed E-state index contributed by atoms with van der Waals surface area (Å²) in [6.45, 7) is 3.07. The van der Waals surface area contributed by atoms with Gasteiger partial charge in [0.2, 0.25) is 0 Å². The van der Waals surface area contributed by atoms with E-state index in [-0.39, 0.29) is 12.5 Å².